The number of rotatable bonds is 3. The molecule has 0 aliphatic heterocycles. The van der Waals surface area contributed by atoms with E-state index in [1.54, 1.807) is 12.1 Å². The first kappa shape index (κ1) is 12.8. The number of amides is 2. The smallest absolute Gasteiger partial charge is 0.319 e. The Balaban J connectivity index is 1.91. The molecule has 2 atom stereocenters. The molecule has 0 radical (unpaired) electrons. The number of carbonyl (C=O) groups is 1. The van der Waals surface area contributed by atoms with Crippen molar-refractivity contribution in [2.45, 2.75) is 25.3 Å². The standard InChI is InChI=1S/C13H17FN2O2/c14-10-5-1-2-6-12(10)16-13(18)15-11-7-3-4-9(11)8-17/h1-2,5-6,9,11,17H,3-4,7-8H2,(H2,15,16,18). The van der Waals surface area contributed by atoms with Crippen molar-refractivity contribution >= 4 is 11.7 Å². The molecule has 2 amide bonds. The van der Waals surface area contributed by atoms with Gasteiger partial charge in [0.1, 0.15) is 5.82 Å². The Morgan fingerprint density at radius 2 is 2.17 bits per heavy atom. The van der Waals surface area contributed by atoms with Crippen LogP contribution in [0.15, 0.2) is 24.3 Å². The second kappa shape index (κ2) is 5.82. The summed E-state index contributed by atoms with van der Waals surface area (Å²) < 4.78 is 13.3. The van der Waals surface area contributed by atoms with Gasteiger partial charge in [-0.25, -0.2) is 9.18 Å². The Morgan fingerprint density at radius 3 is 2.89 bits per heavy atom. The lowest BCUT2D eigenvalue weighted by atomic mass is 10.1. The zero-order valence-electron chi connectivity index (χ0n) is 10.0. The lowest BCUT2D eigenvalue weighted by molar-refractivity contribution is 0.203. The lowest BCUT2D eigenvalue weighted by Gasteiger charge is -2.19. The summed E-state index contributed by atoms with van der Waals surface area (Å²) in [5.74, 6) is -0.353. The molecule has 1 aliphatic rings. The highest BCUT2D eigenvalue weighted by molar-refractivity contribution is 5.89. The zero-order valence-corrected chi connectivity index (χ0v) is 10.0. The van der Waals surface area contributed by atoms with Crippen molar-refractivity contribution in [3.63, 3.8) is 0 Å². The molecule has 0 spiro atoms. The Bertz CT molecular complexity index is 425. The molecule has 0 aromatic heterocycles. The van der Waals surface area contributed by atoms with Crippen molar-refractivity contribution in [2.24, 2.45) is 5.92 Å². The molecule has 18 heavy (non-hydrogen) atoms. The van der Waals surface area contributed by atoms with E-state index in [2.05, 4.69) is 10.6 Å². The number of anilines is 1. The minimum absolute atomic E-state index is 0.0261. The quantitative estimate of drug-likeness (QED) is 0.771. The molecule has 0 heterocycles. The van der Waals surface area contributed by atoms with Crippen molar-refractivity contribution < 1.29 is 14.3 Å². The van der Waals surface area contributed by atoms with Gasteiger partial charge < -0.3 is 15.7 Å². The van der Waals surface area contributed by atoms with Gasteiger partial charge in [0.25, 0.3) is 0 Å². The molecule has 1 aliphatic carbocycles. The lowest BCUT2D eigenvalue weighted by Crippen LogP contribution is -2.41. The van der Waals surface area contributed by atoms with Crippen LogP contribution in [-0.2, 0) is 0 Å². The normalized spacial score (nSPS) is 22.8. The molecule has 5 heteroatoms. The number of para-hydroxylation sites is 1. The van der Waals surface area contributed by atoms with Crippen LogP contribution in [0.5, 0.6) is 0 Å². The van der Waals surface area contributed by atoms with E-state index in [4.69, 9.17) is 5.11 Å². The molecule has 2 rings (SSSR count). The monoisotopic (exact) mass is 252 g/mol. The molecule has 1 aromatic rings. The second-order valence-electron chi connectivity index (χ2n) is 4.56. The molecule has 4 nitrogen and oxygen atoms in total. The minimum atomic E-state index is -0.460. The van der Waals surface area contributed by atoms with E-state index < -0.39 is 11.8 Å². The molecule has 1 saturated carbocycles. The summed E-state index contributed by atoms with van der Waals surface area (Å²) in [5.41, 5.74) is 0.161. The maximum absolute atomic E-state index is 13.3. The van der Waals surface area contributed by atoms with Crippen molar-refractivity contribution in [1.82, 2.24) is 5.32 Å². The molecule has 0 saturated heterocycles. The molecular formula is C13H17FN2O2. The topological polar surface area (TPSA) is 61.4 Å². The Hall–Kier alpha value is -1.62. The summed E-state index contributed by atoms with van der Waals surface area (Å²) >= 11 is 0. The number of benzene rings is 1. The van der Waals surface area contributed by atoms with Crippen LogP contribution < -0.4 is 10.6 Å². The van der Waals surface area contributed by atoms with Crippen LogP contribution >= 0.6 is 0 Å². The van der Waals surface area contributed by atoms with Gasteiger partial charge in [-0.05, 0) is 25.0 Å². The van der Waals surface area contributed by atoms with Crippen LogP contribution in [0.3, 0.4) is 0 Å². The maximum atomic E-state index is 13.3. The van der Waals surface area contributed by atoms with Gasteiger partial charge in [0.05, 0.1) is 5.69 Å². The van der Waals surface area contributed by atoms with Crippen LogP contribution in [0, 0.1) is 11.7 Å². The van der Waals surface area contributed by atoms with Gasteiger partial charge in [0.15, 0.2) is 0 Å². The summed E-state index contributed by atoms with van der Waals surface area (Å²) in [6, 6.07) is 5.57. The van der Waals surface area contributed by atoms with Crippen LogP contribution in [0.4, 0.5) is 14.9 Å². The van der Waals surface area contributed by atoms with Gasteiger partial charge in [-0.2, -0.15) is 0 Å². The van der Waals surface area contributed by atoms with Crippen LogP contribution in [0.2, 0.25) is 0 Å². The average Bonchev–Trinajstić information content (AvgIpc) is 2.79. The summed E-state index contributed by atoms with van der Waals surface area (Å²) in [6.07, 6.45) is 2.77. The third-order valence-corrected chi connectivity index (χ3v) is 3.33. The van der Waals surface area contributed by atoms with Crippen LogP contribution in [-0.4, -0.2) is 23.8 Å². The van der Waals surface area contributed by atoms with Gasteiger partial charge in [-0.15, -0.1) is 0 Å². The van der Waals surface area contributed by atoms with Crippen LogP contribution in [0.1, 0.15) is 19.3 Å². The van der Waals surface area contributed by atoms with Crippen molar-refractivity contribution in [3.8, 4) is 0 Å². The van der Waals surface area contributed by atoms with E-state index >= 15 is 0 Å². The maximum Gasteiger partial charge on any atom is 0.319 e. The first-order valence-corrected chi connectivity index (χ1v) is 6.13. The first-order valence-electron chi connectivity index (χ1n) is 6.13. The van der Waals surface area contributed by atoms with Gasteiger partial charge in [-0.3, -0.25) is 0 Å². The van der Waals surface area contributed by atoms with E-state index in [0.717, 1.165) is 19.3 Å². The molecule has 0 bridgehead atoms. The number of aliphatic hydroxyl groups excluding tert-OH is 1. The molecule has 2 unspecified atom stereocenters. The molecular weight excluding hydrogens is 235 g/mol. The van der Waals surface area contributed by atoms with E-state index in [1.165, 1.54) is 12.1 Å². The highest BCUT2D eigenvalue weighted by atomic mass is 19.1. The van der Waals surface area contributed by atoms with E-state index in [0.29, 0.717) is 0 Å². The molecule has 1 aromatic carbocycles. The van der Waals surface area contributed by atoms with E-state index in [1.807, 2.05) is 0 Å². The third-order valence-electron chi connectivity index (χ3n) is 3.33. The fraction of sp³-hybridized carbons (Fsp3) is 0.462. The number of hydrogen-bond acceptors (Lipinski definition) is 2. The summed E-state index contributed by atoms with van der Waals surface area (Å²) in [7, 11) is 0. The molecule has 3 N–H and O–H groups in total. The van der Waals surface area contributed by atoms with E-state index in [9.17, 15) is 9.18 Å². The van der Waals surface area contributed by atoms with Crippen molar-refractivity contribution in [1.29, 1.82) is 0 Å². The Morgan fingerprint density at radius 1 is 1.39 bits per heavy atom. The third kappa shape index (κ3) is 2.98. The Kier molecular flexibility index (Phi) is 4.15. The van der Waals surface area contributed by atoms with Gasteiger partial charge in [-0.1, -0.05) is 18.6 Å². The Labute approximate surface area is 105 Å². The number of urea groups is 1. The molecule has 98 valence electrons. The highest BCUT2D eigenvalue weighted by Crippen LogP contribution is 2.25. The fourth-order valence-electron chi connectivity index (χ4n) is 2.33. The summed E-state index contributed by atoms with van der Waals surface area (Å²) in [5, 5.41) is 14.4. The number of halogens is 1. The number of aliphatic hydroxyl groups is 1. The SMILES string of the molecule is O=C(Nc1ccccc1F)NC1CCCC1CO. The number of carbonyl (C=O) groups excluding carboxylic acids is 1. The van der Waals surface area contributed by atoms with Crippen molar-refractivity contribution in [3.05, 3.63) is 30.1 Å². The molecule has 1 fully saturated rings. The summed E-state index contributed by atoms with van der Waals surface area (Å²) in [6.45, 7) is 0.0741. The number of nitrogens with one attached hydrogen (secondary N) is 2. The minimum Gasteiger partial charge on any atom is -0.396 e. The summed E-state index contributed by atoms with van der Waals surface area (Å²) in [4.78, 5) is 11.7. The van der Waals surface area contributed by atoms with Gasteiger partial charge in [0.2, 0.25) is 0 Å². The first-order chi connectivity index (χ1) is 8.70. The average molecular weight is 252 g/mol. The zero-order chi connectivity index (χ0) is 13.0. The van der Waals surface area contributed by atoms with Crippen molar-refractivity contribution in [2.75, 3.05) is 11.9 Å². The number of hydrogen-bond donors (Lipinski definition) is 3. The van der Waals surface area contributed by atoms with Gasteiger partial charge >= 0.3 is 6.03 Å². The predicted molar refractivity (Wildman–Crippen MR) is 66.8 cm³/mol. The van der Waals surface area contributed by atoms with E-state index in [-0.39, 0.29) is 24.3 Å². The van der Waals surface area contributed by atoms with Crippen LogP contribution in [0.25, 0.3) is 0 Å². The predicted octanol–water partition coefficient (Wildman–Crippen LogP) is 2.11. The second-order valence-corrected chi connectivity index (χ2v) is 4.56. The fourth-order valence-corrected chi connectivity index (χ4v) is 2.33. The van der Waals surface area contributed by atoms with Gasteiger partial charge in [0, 0.05) is 18.6 Å². The highest BCUT2D eigenvalue weighted by Gasteiger charge is 2.27. The largest absolute Gasteiger partial charge is 0.396 e.